The monoisotopic (exact) mass is 487 g/mol. The molecule has 6 nitrogen and oxygen atoms in total. The molecule has 4 aromatic rings. The first kappa shape index (κ1) is 24.0. The van der Waals surface area contributed by atoms with E-state index in [1.165, 1.54) is 16.8 Å². The SMILES string of the molecule is Cc1cnc2cc(C3CCCCC3)c(=O)n(Cc3ncccc3C(F)(F)F)c2n1.c1cscn1. The molecule has 0 amide bonds. The van der Waals surface area contributed by atoms with Gasteiger partial charge in [0, 0.05) is 29.5 Å². The second-order valence-corrected chi connectivity index (χ2v) is 8.97. The summed E-state index contributed by atoms with van der Waals surface area (Å²) in [5.41, 5.74) is 2.45. The Morgan fingerprint density at radius 2 is 1.94 bits per heavy atom. The van der Waals surface area contributed by atoms with E-state index in [-0.39, 0.29) is 29.4 Å². The minimum absolute atomic E-state index is 0.0980. The number of halogens is 3. The average Bonchev–Trinajstić information content (AvgIpc) is 3.42. The fourth-order valence-electron chi connectivity index (χ4n) is 4.24. The van der Waals surface area contributed by atoms with Gasteiger partial charge in [-0.3, -0.25) is 24.3 Å². The molecule has 10 heteroatoms. The van der Waals surface area contributed by atoms with Crippen LogP contribution >= 0.6 is 11.3 Å². The van der Waals surface area contributed by atoms with Crippen molar-refractivity contribution in [3.05, 3.63) is 80.5 Å². The molecule has 4 aromatic heterocycles. The van der Waals surface area contributed by atoms with Crippen LogP contribution in [0.1, 0.15) is 60.5 Å². The van der Waals surface area contributed by atoms with E-state index in [1.807, 2.05) is 5.38 Å². The number of pyridine rings is 2. The Balaban J connectivity index is 0.000000486. The minimum atomic E-state index is -4.55. The van der Waals surface area contributed by atoms with Gasteiger partial charge in [-0.25, -0.2) is 4.98 Å². The standard InChI is InChI=1S/C21H21F3N4O.C3H3NS/c1-13-11-26-17-10-15(14-6-3-2-4-7-14)20(29)28(19(17)27-13)12-18-16(21(22,23)24)8-5-9-25-18;1-2-5-3-4-1/h5,8-11,14H,2-4,6-7,12H2,1H3;1-3H. The molecular weight excluding hydrogens is 463 g/mol. The van der Waals surface area contributed by atoms with Gasteiger partial charge < -0.3 is 0 Å². The second kappa shape index (κ2) is 10.4. The molecule has 1 saturated carbocycles. The molecule has 0 atom stereocenters. The highest BCUT2D eigenvalue weighted by Gasteiger charge is 2.34. The summed E-state index contributed by atoms with van der Waals surface area (Å²) in [5, 5.41) is 1.93. The molecule has 1 aliphatic carbocycles. The van der Waals surface area contributed by atoms with Crippen molar-refractivity contribution in [3.8, 4) is 0 Å². The van der Waals surface area contributed by atoms with Crippen LogP contribution in [0.25, 0.3) is 11.2 Å². The second-order valence-electron chi connectivity index (χ2n) is 8.22. The predicted octanol–water partition coefficient (Wildman–Crippen LogP) is 5.75. The fraction of sp³-hybridized carbons (Fsp3) is 0.375. The summed E-state index contributed by atoms with van der Waals surface area (Å²) >= 11 is 1.60. The summed E-state index contributed by atoms with van der Waals surface area (Å²) in [7, 11) is 0. The van der Waals surface area contributed by atoms with Crippen molar-refractivity contribution in [3.63, 3.8) is 0 Å². The zero-order valence-electron chi connectivity index (χ0n) is 18.6. The number of aromatic nitrogens is 5. The number of alkyl halides is 3. The minimum Gasteiger partial charge on any atom is -0.285 e. The smallest absolute Gasteiger partial charge is 0.285 e. The van der Waals surface area contributed by atoms with Crippen LogP contribution in [-0.4, -0.2) is 24.5 Å². The molecule has 1 fully saturated rings. The van der Waals surface area contributed by atoms with E-state index in [9.17, 15) is 18.0 Å². The molecule has 178 valence electrons. The van der Waals surface area contributed by atoms with E-state index >= 15 is 0 Å². The topological polar surface area (TPSA) is 73.6 Å². The van der Waals surface area contributed by atoms with E-state index in [0.29, 0.717) is 16.8 Å². The van der Waals surface area contributed by atoms with Gasteiger partial charge in [0.25, 0.3) is 5.56 Å². The number of rotatable bonds is 3. The fourth-order valence-corrected chi connectivity index (χ4v) is 4.59. The lowest BCUT2D eigenvalue weighted by molar-refractivity contribution is -0.138. The van der Waals surface area contributed by atoms with Crippen molar-refractivity contribution in [1.82, 2.24) is 24.5 Å². The Morgan fingerprint density at radius 1 is 1.15 bits per heavy atom. The molecular formula is C24H24F3N5OS. The summed E-state index contributed by atoms with van der Waals surface area (Å²) in [6.45, 7) is 1.43. The summed E-state index contributed by atoms with van der Waals surface area (Å²) in [6.07, 6.45) is 5.15. The Hall–Kier alpha value is -3.14. The van der Waals surface area contributed by atoms with Crippen molar-refractivity contribution in [2.75, 3.05) is 0 Å². The molecule has 34 heavy (non-hydrogen) atoms. The van der Waals surface area contributed by atoms with Crippen LogP contribution in [0.5, 0.6) is 0 Å². The van der Waals surface area contributed by atoms with E-state index in [1.54, 1.807) is 42.2 Å². The third-order valence-electron chi connectivity index (χ3n) is 5.84. The first-order valence-electron chi connectivity index (χ1n) is 11.0. The number of hydrogen-bond donors (Lipinski definition) is 0. The van der Waals surface area contributed by atoms with Gasteiger partial charge in [0.2, 0.25) is 0 Å². The molecule has 5 rings (SSSR count). The summed E-state index contributed by atoms with van der Waals surface area (Å²) < 4.78 is 41.6. The largest absolute Gasteiger partial charge is 0.418 e. The van der Waals surface area contributed by atoms with Crippen LogP contribution in [0.15, 0.2) is 52.5 Å². The molecule has 0 aromatic carbocycles. The maximum Gasteiger partial charge on any atom is 0.418 e. The average molecular weight is 488 g/mol. The lowest BCUT2D eigenvalue weighted by Crippen LogP contribution is -2.29. The highest BCUT2D eigenvalue weighted by molar-refractivity contribution is 7.07. The first-order chi connectivity index (χ1) is 16.3. The summed E-state index contributed by atoms with van der Waals surface area (Å²) in [6, 6.07) is 3.99. The highest BCUT2D eigenvalue weighted by Crippen LogP contribution is 2.33. The van der Waals surface area contributed by atoms with Gasteiger partial charge in [-0.1, -0.05) is 19.3 Å². The molecule has 0 N–H and O–H groups in total. The number of fused-ring (bicyclic) bond motifs is 1. The van der Waals surface area contributed by atoms with Crippen LogP contribution in [0, 0.1) is 6.92 Å². The quantitative estimate of drug-likeness (QED) is 0.368. The van der Waals surface area contributed by atoms with Gasteiger partial charge in [0.05, 0.1) is 29.0 Å². The van der Waals surface area contributed by atoms with Crippen LogP contribution < -0.4 is 5.56 Å². The van der Waals surface area contributed by atoms with E-state index < -0.39 is 11.7 Å². The first-order valence-corrected chi connectivity index (χ1v) is 12.0. The molecule has 0 unspecified atom stereocenters. The molecule has 0 bridgehead atoms. The van der Waals surface area contributed by atoms with Crippen LogP contribution in [-0.2, 0) is 12.7 Å². The predicted molar refractivity (Wildman–Crippen MR) is 125 cm³/mol. The molecule has 1 aliphatic rings. The Morgan fingerprint density at radius 3 is 2.59 bits per heavy atom. The zero-order valence-corrected chi connectivity index (χ0v) is 19.4. The lowest BCUT2D eigenvalue weighted by atomic mass is 9.84. The van der Waals surface area contributed by atoms with Gasteiger partial charge in [0.15, 0.2) is 5.65 Å². The summed E-state index contributed by atoms with van der Waals surface area (Å²) in [4.78, 5) is 29.8. The Labute approximate surface area is 198 Å². The number of nitrogens with zero attached hydrogens (tertiary/aromatic N) is 5. The summed E-state index contributed by atoms with van der Waals surface area (Å²) in [5.74, 6) is 0.0980. The van der Waals surface area contributed by atoms with E-state index in [0.717, 1.165) is 38.2 Å². The maximum absolute atomic E-state index is 13.4. The maximum atomic E-state index is 13.4. The van der Waals surface area contributed by atoms with Gasteiger partial charge in [-0.05, 0) is 43.9 Å². The van der Waals surface area contributed by atoms with Crippen molar-refractivity contribution in [2.24, 2.45) is 0 Å². The molecule has 4 heterocycles. The van der Waals surface area contributed by atoms with Crippen LogP contribution in [0.4, 0.5) is 13.2 Å². The molecule has 0 aliphatic heterocycles. The van der Waals surface area contributed by atoms with Gasteiger partial charge >= 0.3 is 6.18 Å². The van der Waals surface area contributed by atoms with Gasteiger partial charge in [0.1, 0.15) is 5.52 Å². The molecule has 0 radical (unpaired) electrons. The number of aryl methyl sites for hydroxylation is 1. The van der Waals surface area contributed by atoms with E-state index in [2.05, 4.69) is 19.9 Å². The van der Waals surface area contributed by atoms with Crippen molar-refractivity contribution in [2.45, 2.75) is 57.7 Å². The number of thiazole rings is 1. The third kappa shape index (κ3) is 5.49. The number of hydrogen-bond acceptors (Lipinski definition) is 6. The lowest BCUT2D eigenvalue weighted by Gasteiger charge is -2.23. The highest BCUT2D eigenvalue weighted by atomic mass is 32.1. The van der Waals surface area contributed by atoms with Crippen molar-refractivity contribution < 1.29 is 13.2 Å². The van der Waals surface area contributed by atoms with Crippen LogP contribution in [0.2, 0.25) is 0 Å². The van der Waals surface area contributed by atoms with Crippen molar-refractivity contribution in [1.29, 1.82) is 0 Å². The third-order valence-corrected chi connectivity index (χ3v) is 6.36. The Kier molecular flexibility index (Phi) is 7.35. The van der Waals surface area contributed by atoms with Gasteiger partial charge in [-0.2, -0.15) is 13.2 Å². The Bertz CT molecular complexity index is 1280. The van der Waals surface area contributed by atoms with Crippen molar-refractivity contribution >= 4 is 22.5 Å². The van der Waals surface area contributed by atoms with Crippen LogP contribution in [0.3, 0.4) is 0 Å². The van der Waals surface area contributed by atoms with Gasteiger partial charge in [-0.15, -0.1) is 11.3 Å². The normalized spacial score (nSPS) is 14.6. The molecule has 0 spiro atoms. The molecule has 0 saturated heterocycles. The zero-order chi connectivity index (χ0) is 24.1. The van der Waals surface area contributed by atoms with E-state index in [4.69, 9.17) is 0 Å².